The number of hydrazone groups is 1. The lowest BCUT2D eigenvalue weighted by Crippen LogP contribution is -2.24. The second-order valence-electron chi connectivity index (χ2n) is 6.69. The Bertz CT molecular complexity index is 769. The molecule has 0 aromatic heterocycles. The molecule has 0 radical (unpaired) electrons. The van der Waals surface area contributed by atoms with Crippen LogP contribution in [0.2, 0.25) is 0 Å². The third-order valence-corrected chi connectivity index (χ3v) is 3.61. The van der Waals surface area contributed by atoms with Gasteiger partial charge in [0.25, 0.3) is 0 Å². The van der Waals surface area contributed by atoms with Crippen LogP contribution in [-0.4, -0.2) is 17.4 Å². The summed E-state index contributed by atoms with van der Waals surface area (Å²) in [7, 11) is 0. The first kappa shape index (κ1) is 21.3. The van der Waals surface area contributed by atoms with Gasteiger partial charge in [-0.15, -0.1) is 12.4 Å². The minimum atomic E-state index is -0.770. The van der Waals surface area contributed by atoms with E-state index < -0.39 is 6.03 Å². The number of hydrogen-bond acceptors (Lipinski definition) is 4. The number of phenols is 1. The van der Waals surface area contributed by atoms with E-state index in [1.54, 1.807) is 12.1 Å². The molecule has 2 rings (SSSR count). The Morgan fingerprint density at radius 2 is 1.88 bits per heavy atom. The van der Waals surface area contributed by atoms with Gasteiger partial charge >= 0.3 is 6.03 Å². The number of nitrogens with two attached hydrogens (primary N) is 1. The minimum absolute atomic E-state index is 0. The maximum atomic E-state index is 10.5. The van der Waals surface area contributed by atoms with E-state index in [1.807, 2.05) is 12.1 Å². The van der Waals surface area contributed by atoms with Gasteiger partial charge in [-0.2, -0.15) is 5.10 Å². The number of nitrogens with one attached hydrogen (secondary N) is 1. The van der Waals surface area contributed by atoms with Crippen molar-refractivity contribution in [2.75, 3.05) is 0 Å². The highest BCUT2D eigenvalue weighted by Crippen LogP contribution is 2.24. The third kappa shape index (κ3) is 6.29. The predicted octanol–water partition coefficient (Wildman–Crippen LogP) is 3.69. The topological polar surface area (TPSA) is 96.9 Å². The monoisotopic (exact) mass is 377 g/mol. The molecule has 0 saturated heterocycles. The Hall–Kier alpha value is -2.73. The Kier molecular flexibility index (Phi) is 7.46. The summed E-state index contributed by atoms with van der Waals surface area (Å²) in [5, 5.41) is 13.6. The van der Waals surface area contributed by atoms with Crippen LogP contribution in [0.15, 0.2) is 47.6 Å². The number of nitrogens with zero attached hydrogens (tertiary/aromatic N) is 1. The van der Waals surface area contributed by atoms with E-state index in [1.165, 1.54) is 17.8 Å². The van der Waals surface area contributed by atoms with Gasteiger partial charge in [0.1, 0.15) is 18.1 Å². The molecular formula is C19H24ClN3O3. The number of benzene rings is 2. The number of hydrogen-bond donors (Lipinski definition) is 3. The predicted molar refractivity (Wildman–Crippen MR) is 105 cm³/mol. The van der Waals surface area contributed by atoms with Crippen LogP contribution in [0.5, 0.6) is 11.5 Å². The van der Waals surface area contributed by atoms with E-state index in [4.69, 9.17) is 10.5 Å². The molecule has 140 valence electrons. The van der Waals surface area contributed by atoms with Gasteiger partial charge in [-0.3, -0.25) is 0 Å². The van der Waals surface area contributed by atoms with Crippen LogP contribution in [0.3, 0.4) is 0 Å². The fourth-order valence-electron chi connectivity index (χ4n) is 2.16. The molecular weight excluding hydrogens is 354 g/mol. The summed E-state index contributed by atoms with van der Waals surface area (Å²) in [6, 6.07) is 12.4. The van der Waals surface area contributed by atoms with Crippen molar-refractivity contribution in [2.24, 2.45) is 10.8 Å². The molecule has 26 heavy (non-hydrogen) atoms. The maximum Gasteiger partial charge on any atom is 0.332 e. The van der Waals surface area contributed by atoms with E-state index in [0.717, 1.165) is 5.56 Å². The van der Waals surface area contributed by atoms with E-state index in [0.29, 0.717) is 17.9 Å². The number of carbonyl (C=O) groups excluding carboxylic acids is 1. The van der Waals surface area contributed by atoms with E-state index >= 15 is 0 Å². The zero-order valence-electron chi connectivity index (χ0n) is 15.0. The summed E-state index contributed by atoms with van der Waals surface area (Å²) in [6.45, 7) is 6.92. The lowest BCUT2D eigenvalue weighted by atomic mass is 9.87. The van der Waals surface area contributed by atoms with E-state index in [2.05, 4.69) is 43.4 Å². The van der Waals surface area contributed by atoms with Crippen molar-refractivity contribution in [3.05, 3.63) is 59.2 Å². The lowest BCUT2D eigenvalue weighted by molar-refractivity contribution is 0.249. The highest BCUT2D eigenvalue weighted by molar-refractivity contribution is 5.85. The van der Waals surface area contributed by atoms with Gasteiger partial charge in [0, 0.05) is 11.6 Å². The smallest absolute Gasteiger partial charge is 0.332 e. The molecule has 0 aliphatic heterocycles. The lowest BCUT2D eigenvalue weighted by Gasteiger charge is -2.19. The number of rotatable bonds is 5. The first-order valence-corrected chi connectivity index (χ1v) is 7.89. The van der Waals surface area contributed by atoms with Gasteiger partial charge < -0.3 is 15.6 Å². The molecule has 0 fully saturated rings. The molecule has 2 aromatic rings. The maximum absolute atomic E-state index is 10.5. The number of phenolic OH excluding ortho intramolecular Hbond substituents is 1. The fourth-order valence-corrected chi connectivity index (χ4v) is 2.16. The molecule has 0 heterocycles. The number of urea groups is 1. The van der Waals surface area contributed by atoms with Gasteiger partial charge in [0.2, 0.25) is 0 Å². The summed E-state index contributed by atoms with van der Waals surface area (Å²) in [4.78, 5) is 10.5. The fraction of sp³-hybridized carbons (Fsp3) is 0.263. The van der Waals surface area contributed by atoms with E-state index in [-0.39, 0.29) is 23.6 Å². The number of ether oxygens (including phenoxy) is 1. The van der Waals surface area contributed by atoms with E-state index in [9.17, 15) is 9.90 Å². The normalized spacial score (nSPS) is 11.0. The highest BCUT2D eigenvalue weighted by Gasteiger charge is 2.12. The summed E-state index contributed by atoms with van der Waals surface area (Å²) in [6.07, 6.45) is 1.30. The summed E-state index contributed by atoms with van der Waals surface area (Å²) >= 11 is 0. The molecule has 7 heteroatoms. The molecule has 0 atom stereocenters. The van der Waals surface area contributed by atoms with Gasteiger partial charge in [-0.05, 0) is 28.7 Å². The van der Waals surface area contributed by atoms with Crippen LogP contribution < -0.4 is 15.9 Å². The molecule has 0 aliphatic carbocycles. The molecule has 6 nitrogen and oxygen atoms in total. The van der Waals surface area contributed by atoms with Crippen molar-refractivity contribution >= 4 is 24.7 Å². The van der Waals surface area contributed by atoms with Crippen molar-refractivity contribution in [3.8, 4) is 11.5 Å². The zero-order valence-corrected chi connectivity index (χ0v) is 15.8. The number of halogens is 1. The van der Waals surface area contributed by atoms with Crippen molar-refractivity contribution in [1.82, 2.24) is 5.43 Å². The third-order valence-electron chi connectivity index (χ3n) is 3.61. The standard InChI is InChI=1S/C19H23N3O3.ClH/c1-19(2,3)15-7-4-13(5-8-15)12-25-16-9-6-14(17(23)10-16)11-21-22-18(20)24;/h4-11,23H,12H2,1-3H3,(H3,20,22,24);1H. The van der Waals surface area contributed by atoms with Crippen molar-refractivity contribution in [3.63, 3.8) is 0 Å². The molecule has 2 amide bonds. The molecule has 0 unspecified atom stereocenters. The average Bonchev–Trinajstić information content (AvgIpc) is 2.54. The summed E-state index contributed by atoms with van der Waals surface area (Å²) < 4.78 is 5.70. The van der Waals surface area contributed by atoms with Crippen molar-refractivity contribution in [2.45, 2.75) is 32.8 Å². The van der Waals surface area contributed by atoms with Gasteiger partial charge in [0.05, 0.1) is 6.21 Å². The van der Waals surface area contributed by atoms with Crippen LogP contribution in [0.4, 0.5) is 4.79 Å². The van der Waals surface area contributed by atoms with Crippen molar-refractivity contribution < 1.29 is 14.6 Å². The van der Waals surface area contributed by atoms with Crippen LogP contribution in [0.1, 0.15) is 37.5 Å². The second kappa shape index (κ2) is 9.10. The first-order valence-electron chi connectivity index (χ1n) is 7.89. The summed E-state index contributed by atoms with van der Waals surface area (Å²) in [5.41, 5.74) is 9.83. The molecule has 0 spiro atoms. The van der Waals surface area contributed by atoms with Crippen LogP contribution in [0.25, 0.3) is 0 Å². The number of aromatic hydroxyl groups is 1. The van der Waals surface area contributed by atoms with Crippen LogP contribution in [0, 0.1) is 0 Å². The van der Waals surface area contributed by atoms with Gasteiger partial charge in [-0.1, -0.05) is 45.0 Å². The Morgan fingerprint density at radius 3 is 2.42 bits per heavy atom. The molecule has 0 bridgehead atoms. The SMILES string of the molecule is CC(C)(C)c1ccc(COc2ccc(C=NNC(N)=O)c(O)c2)cc1.Cl. The number of amides is 2. The first-order chi connectivity index (χ1) is 11.8. The Balaban J connectivity index is 0.00000338. The minimum Gasteiger partial charge on any atom is -0.507 e. The second-order valence-corrected chi connectivity index (χ2v) is 6.69. The zero-order chi connectivity index (χ0) is 18.4. The van der Waals surface area contributed by atoms with Gasteiger partial charge in [-0.25, -0.2) is 10.2 Å². The highest BCUT2D eigenvalue weighted by atomic mass is 35.5. The average molecular weight is 378 g/mol. The molecule has 0 aliphatic rings. The van der Waals surface area contributed by atoms with Crippen LogP contribution in [-0.2, 0) is 12.0 Å². The molecule has 2 aromatic carbocycles. The molecule has 0 saturated carbocycles. The quantitative estimate of drug-likeness (QED) is 0.547. The number of carbonyl (C=O) groups is 1. The van der Waals surface area contributed by atoms with Gasteiger partial charge in [0.15, 0.2) is 0 Å². The largest absolute Gasteiger partial charge is 0.507 e. The Morgan fingerprint density at radius 1 is 1.23 bits per heavy atom. The molecule has 4 N–H and O–H groups in total. The van der Waals surface area contributed by atoms with Crippen molar-refractivity contribution in [1.29, 1.82) is 0 Å². The summed E-state index contributed by atoms with van der Waals surface area (Å²) in [5.74, 6) is 0.535. The van der Waals surface area contributed by atoms with Crippen LogP contribution >= 0.6 is 12.4 Å². The number of primary amides is 1. The Labute approximate surface area is 159 Å².